The molecule has 0 aliphatic carbocycles. The molecule has 0 bridgehead atoms. The summed E-state index contributed by atoms with van der Waals surface area (Å²) in [6, 6.07) is 6.82. The lowest BCUT2D eigenvalue weighted by atomic mass is 10.1. The highest BCUT2D eigenvalue weighted by atomic mass is 32.2. The summed E-state index contributed by atoms with van der Waals surface area (Å²) in [7, 11) is -0.888. The van der Waals surface area contributed by atoms with E-state index >= 15 is 0 Å². The maximum Gasteiger partial charge on any atom is 0.243 e. The number of ether oxygens (including phenoxy) is 2. The number of benzene rings is 2. The van der Waals surface area contributed by atoms with Gasteiger partial charge in [-0.2, -0.15) is 0 Å². The highest BCUT2D eigenvalue weighted by Gasteiger charge is 2.29. The number of carbonyl (C=O) groups is 1. The lowest BCUT2D eigenvalue weighted by Gasteiger charge is -2.28. The second kappa shape index (κ2) is 9.75. The number of anilines is 1. The number of nitrogens with zero attached hydrogens (tertiary/aromatic N) is 1. The van der Waals surface area contributed by atoms with Gasteiger partial charge in [0.1, 0.15) is 6.04 Å². The Labute approximate surface area is 174 Å². The quantitative estimate of drug-likeness (QED) is 0.645. The lowest BCUT2D eigenvalue weighted by Crippen LogP contribution is -2.48. The molecule has 0 unspecified atom stereocenters. The Morgan fingerprint density at radius 2 is 1.73 bits per heavy atom. The Kier molecular flexibility index (Phi) is 7.60. The van der Waals surface area contributed by atoms with Gasteiger partial charge in [-0.25, -0.2) is 17.2 Å². The summed E-state index contributed by atoms with van der Waals surface area (Å²) in [6.45, 7) is 1.60. The van der Waals surface area contributed by atoms with Crippen LogP contribution in [-0.2, 0) is 21.2 Å². The van der Waals surface area contributed by atoms with Crippen molar-refractivity contribution < 1.29 is 31.5 Å². The van der Waals surface area contributed by atoms with Crippen LogP contribution in [0.1, 0.15) is 12.5 Å². The first kappa shape index (κ1) is 23.4. The number of hydrogen-bond donors (Lipinski definition) is 1. The molecule has 1 N–H and O–H groups in total. The van der Waals surface area contributed by atoms with Crippen molar-refractivity contribution >= 4 is 21.6 Å². The third kappa shape index (κ3) is 5.59. The van der Waals surface area contributed by atoms with Gasteiger partial charge in [0.15, 0.2) is 23.1 Å². The zero-order chi connectivity index (χ0) is 22.5. The Bertz CT molecular complexity index is 1010. The predicted molar refractivity (Wildman–Crippen MR) is 109 cm³/mol. The number of rotatable bonds is 9. The molecular formula is C20H24F2N2O5S. The average Bonchev–Trinajstić information content (AvgIpc) is 2.69. The molecule has 10 heteroatoms. The Morgan fingerprint density at radius 3 is 2.30 bits per heavy atom. The third-order valence-electron chi connectivity index (χ3n) is 4.41. The van der Waals surface area contributed by atoms with E-state index in [1.165, 1.54) is 21.1 Å². The maximum absolute atomic E-state index is 13.6. The molecule has 1 atom stereocenters. The molecule has 164 valence electrons. The summed E-state index contributed by atoms with van der Waals surface area (Å²) in [6.07, 6.45) is 1.35. The fraction of sp³-hybridized carbons (Fsp3) is 0.350. The van der Waals surface area contributed by atoms with Crippen molar-refractivity contribution in [3.05, 3.63) is 53.6 Å². The number of amides is 1. The summed E-state index contributed by atoms with van der Waals surface area (Å²) >= 11 is 0. The van der Waals surface area contributed by atoms with E-state index in [4.69, 9.17) is 9.47 Å². The highest BCUT2D eigenvalue weighted by Crippen LogP contribution is 2.27. The summed E-state index contributed by atoms with van der Waals surface area (Å²) < 4.78 is 62.4. The Hall–Kier alpha value is -2.88. The molecule has 0 aliphatic heterocycles. The number of nitrogens with one attached hydrogen (secondary N) is 1. The molecule has 7 nitrogen and oxygen atoms in total. The van der Waals surface area contributed by atoms with E-state index in [1.54, 1.807) is 12.1 Å². The Morgan fingerprint density at radius 1 is 1.07 bits per heavy atom. The van der Waals surface area contributed by atoms with Crippen LogP contribution in [0, 0.1) is 11.6 Å². The van der Waals surface area contributed by atoms with Crippen LogP contribution in [0.4, 0.5) is 14.5 Å². The molecule has 1 amide bonds. The minimum absolute atomic E-state index is 0.140. The molecule has 30 heavy (non-hydrogen) atoms. The number of sulfonamides is 1. The fourth-order valence-corrected chi connectivity index (χ4v) is 4.11. The first-order valence-electron chi connectivity index (χ1n) is 9.01. The first-order valence-corrected chi connectivity index (χ1v) is 10.9. The van der Waals surface area contributed by atoms with E-state index in [0.717, 1.165) is 34.3 Å². The van der Waals surface area contributed by atoms with Crippen LogP contribution < -0.4 is 19.1 Å². The fourth-order valence-electron chi connectivity index (χ4n) is 2.94. The van der Waals surface area contributed by atoms with Crippen LogP contribution in [-0.4, -0.2) is 47.4 Å². The van der Waals surface area contributed by atoms with Gasteiger partial charge < -0.3 is 14.8 Å². The molecule has 0 aliphatic rings. The molecule has 2 aromatic carbocycles. The maximum atomic E-state index is 13.6. The number of carbonyl (C=O) groups excluding carboxylic acids is 1. The SMILES string of the molecule is COc1ccc(CCNC(=O)[C@H](C)N(c2ccc(F)c(F)c2)S(C)(=O)=O)cc1OC. The van der Waals surface area contributed by atoms with Crippen molar-refractivity contribution in [1.82, 2.24) is 5.32 Å². The van der Waals surface area contributed by atoms with Crippen LogP contribution in [0.5, 0.6) is 11.5 Å². The average molecular weight is 442 g/mol. The van der Waals surface area contributed by atoms with Gasteiger partial charge in [0.2, 0.25) is 15.9 Å². The first-order chi connectivity index (χ1) is 14.1. The van der Waals surface area contributed by atoms with E-state index in [9.17, 15) is 22.0 Å². The van der Waals surface area contributed by atoms with Gasteiger partial charge in [-0.15, -0.1) is 0 Å². The monoisotopic (exact) mass is 442 g/mol. The van der Waals surface area contributed by atoms with E-state index in [2.05, 4.69) is 5.32 Å². The van der Waals surface area contributed by atoms with Gasteiger partial charge in [0.05, 0.1) is 26.2 Å². The van der Waals surface area contributed by atoms with Gasteiger partial charge in [0.25, 0.3) is 0 Å². The van der Waals surface area contributed by atoms with Gasteiger partial charge in [-0.1, -0.05) is 6.07 Å². The summed E-state index contributed by atoms with van der Waals surface area (Å²) in [5.41, 5.74) is 0.736. The van der Waals surface area contributed by atoms with Crippen LogP contribution in [0.15, 0.2) is 36.4 Å². The molecular weight excluding hydrogens is 418 g/mol. The minimum Gasteiger partial charge on any atom is -0.493 e. The van der Waals surface area contributed by atoms with E-state index < -0.39 is 33.6 Å². The Balaban J connectivity index is 2.10. The number of methoxy groups -OCH3 is 2. The summed E-state index contributed by atoms with van der Waals surface area (Å²) in [5.74, 6) is -1.77. The second-order valence-electron chi connectivity index (χ2n) is 6.56. The van der Waals surface area contributed by atoms with Crippen molar-refractivity contribution in [2.75, 3.05) is 31.3 Å². The molecule has 0 radical (unpaired) electrons. The van der Waals surface area contributed by atoms with Crippen LogP contribution in [0.2, 0.25) is 0 Å². The summed E-state index contributed by atoms with van der Waals surface area (Å²) in [4.78, 5) is 12.5. The van der Waals surface area contributed by atoms with Crippen molar-refractivity contribution in [1.29, 1.82) is 0 Å². The van der Waals surface area contributed by atoms with Crippen molar-refractivity contribution in [3.8, 4) is 11.5 Å². The lowest BCUT2D eigenvalue weighted by molar-refractivity contribution is -0.121. The molecule has 2 aromatic rings. The second-order valence-corrected chi connectivity index (χ2v) is 8.42. The van der Waals surface area contributed by atoms with Crippen molar-refractivity contribution in [3.63, 3.8) is 0 Å². The van der Waals surface area contributed by atoms with Gasteiger partial charge in [0, 0.05) is 12.6 Å². The van der Waals surface area contributed by atoms with E-state index in [0.29, 0.717) is 17.9 Å². The molecule has 0 spiro atoms. The number of hydrogen-bond acceptors (Lipinski definition) is 5. The van der Waals surface area contributed by atoms with E-state index in [1.807, 2.05) is 6.07 Å². The van der Waals surface area contributed by atoms with Gasteiger partial charge in [-0.05, 0) is 43.2 Å². The molecule has 0 saturated carbocycles. The van der Waals surface area contributed by atoms with Crippen LogP contribution in [0.3, 0.4) is 0 Å². The van der Waals surface area contributed by atoms with Crippen LogP contribution >= 0.6 is 0 Å². The number of halogens is 2. The smallest absolute Gasteiger partial charge is 0.243 e. The summed E-state index contributed by atoms with van der Waals surface area (Å²) in [5, 5.41) is 2.66. The van der Waals surface area contributed by atoms with Crippen molar-refractivity contribution in [2.45, 2.75) is 19.4 Å². The largest absolute Gasteiger partial charge is 0.493 e. The topological polar surface area (TPSA) is 84.9 Å². The molecule has 0 heterocycles. The molecule has 0 fully saturated rings. The zero-order valence-corrected chi connectivity index (χ0v) is 17.9. The highest BCUT2D eigenvalue weighted by molar-refractivity contribution is 7.92. The zero-order valence-electron chi connectivity index (χ0n) is 17.1. The molecule has 2 rings (SSSR count). The normalized spacial score (nSPS) is 12.2. The van der Waals surface area contributed by atoms with Crippen LogP contribution in [0.25, 0.3) is 0 Å². The minimum atomic E-state index is -3.93. The van der Waals surface area contributed by atoms with Gasteiger partial charge >= 0.3 is 0 Å². The van der Waals surface area contributed by atoms with Gasteiger partial charge in [-0.3, -0.25) is 9.10 Å². The standard InChI is InChI=1S/C20H24F2N2O5S/c1-13(24(30(4,26)27)15-6-7-16(21)17(22)12-15)20(25)23-10-9-14-5-8-18(28-2)19(11-14)29-3/h5-8,11-13H,9-10H2,1-4H3,(H,23,25)/t13-/m0/s1. The molecule has 0 aromatic heterocycles. The van der Waals surface area contributed by atoms with Crippen molar-refractivity contribution in [2.24, 2.45) is 0 Å². The van der Waals surface area contributed by atoms with E-state index in [-0.39, 0.29) is 12.2 Å². The third-order valence-corrected chi connectivity index (χ3v) is 5.65. The predicted octanol–water partition coefficient (Wildman–Crippen LogP) is 2.50. The molecule has 0 saturated heterocycles.